The third kappa shape index (κ3) is 9.36. The van der Waals surface area contributed by atoms with Crippen LogP contribution < -0.4 is 9.47 Å². The van der Waals surface area contributed by atoms with Crippen LogP contribution in [0.3, 0.4) is 0 Å². The molecular weight excluding hydrogens is 659 g/mol. The molecule has 1 N–H and O–H groups in total. The van der Waals surface area contributed by atoms with Crippen LogP contribution in [0, 0.1) is 12.7 Å². The van der Waals surface area contributed by atoms with E-state index in [0.29, 0.717) is 16.8 Å². The average Bonchev–Trinajstić information content (AvgIpc) is 3.33. The first kappa shape index (κ1) is 37.8. The van der Waals surface area contributed by atoms with E-state index in [2.05, 4.69) is 5.10 Å². The number of carbonyl (C=O) groups is 4. The van der Waals surface area contributed by atoms with Crippen LogP contribution in [0.1, 0.15) is 70.0 Å². The monoisotopic (exact) mass is 700 g/mol. The summed E-state index contributed by atoms with van der Waals surface area (Å²) in [6, 6.07) is 13.6. The van der Waals surface area contributed by atoms with E-state index in [9.17, 15) is 24.3 Å². The molecule has 0 spiro atoms. The second kappa shape index (κ2) is 16.1. The predicted octanol–water partition coefficient (Wildman–Crippen LogP) is 3.86. The fraction of sp³-hybridized carbons (Fsp3) is 0.457. The van der Waals surface area contributed by atoms with E-state index in [1.165, 1.54) is 12.1 Å². The summed E-state index contributed by atoms with van der Waals surface area (Å²) in [5.41, 5.74) is 2.36. The van der Waals surface area contributed by atoms with E-state index in [0.717, 1.165) is 33.3 Å². The average molecular weight is 701 g/mol. The number of hydrogen-bond acceptors (Lipinski definition) is 13. The van der Waals surface area contributed by atoms with Gasteiger partial charge in [-0.1, -0.05) is 36.4 Å². The van der Waals surface area contributed by atoms with Crippen LogP contribution in [0.25, 0.3) is 0 Å². The summed E-state index contributed by atoms with van der Waals surface area (Å²) >= 11 is 0. The number of aromatic nitrogens is 2. The van der Waals surface area contributed by atoms with Crippen molar-refractivity contribution >= 4 is 23.9 Å². The highest BCUT2D eigenvalue weighted by molar-refractivity contribution is 5.69. The lowest BCUT2D eigenvalue weighted by Gasteiger charge is -2.47. The molecule has 0 saturated carbocycles. The van der Waals surface area contributed by atoms with Crippen LogP contribution in [0.4, 0.5) is 4.39 Å². The first-order chi connectivity index (χ1) is 23.6. The number of halogens is 1. The lowest BCUT2D eigenvalue weighted by atomic mass is 9.96. The molecule has 1 saturated heterocycles. The topological polar surface area (TPSA) is 171 Å². The number of rotatable bonds is 13. The van der Waals surface area contributed by atoms with Crippen molar-refractivity contribution in [2.24, 2.45) is 0 Å². The molecule has 2 aromatic carbocycles. The molecule has 5 atom stereocenters. The van der Waals surface area contributed by atoms with E-state index in [-0.39, 0.29) is 30.7 Å². The first-order valence-corrected chi connectivity index (χ1v) is 15.8. The van der Waals surface area contributed by atoms with E-state index in [1.54, 1.807) is 17.7 Å². The zero-order valence-electron chi connectivity index (χ0n) is 28.8. The third-order valence-corrected chi connectivity index (χ3v) is 7.60. The summed E-state index contributed by atoms with van der Waals surface area (Å²) in [6.07, 6.45) is -6.60. The number of nitrogens with zero attached hydrogens (tertiary/aromatic N) is 2. The summed E-state index contributed by atoms with van der Waals surface area (Å²) in [7, 11) is 0. The minimum Gasteiger partial charge on any atom is -0.486 e. The highest BCUT2D eigenvalue weighted by Crippen LogP contribution is 2.38. The molecule has 3 aromatic rings. The second-order valence-corrected chi connectivity index (χ2v) is 12.0. The van der Waals surface area contributed by atoms with Crippen LogP contribution >= 0.6 is 0 Å². The van der Waals surface area contributed by atoms with E-state index in [4.69, 9.17) is 33.2 Å². The van der Waals surface area contributed by atoms with Crippen LogP contribution in [0.5, 0.6) is 11.6 Å². The van der Waals surface area contributed by atoms with Crippen molar-refractivity contribution in [2.45, 2.75) is 97.9 Å². The lowest BCUT2D eigenvalue weighted by molar-refractivity contribution is -0.422. The molecule has 0 amide bonds. The normalized spacial score (nSPS) is 21.6. The van der Waals surface area contributed by atoms with Gasteiger partial charge in [0, 0.05) is 51.4 Å². The molecule has 0 aliphatic carbocycles. The van der Waals surface area contributed by atoms with Gasteiger partial charge in [-0.3, -0.25) is 23.9 Å². The Balaban J connectivity index is 1.73. The number of ether oxygens (including phenoxy) is 7. The van der Waals surface area contributed by atoms with Crippen molar-refractivity contribution in [3.8, 4) is 11.6 Å². The van der Waals surface area contributed by atoms with Gasteiger partial charge in [-0.15, -0.1) is 5.10 Å². The van der Waals surface area contributed by atoms with Crippen molar-refractivity contribution in [2.75, 3.05) is 6.61 Å². The maximum Gasteiger partial charge on any atom is 0.369 e. The summed E-state index contributed by atoms with van der Waals surface area (Å²) in [4.78, 5) is 48.4. The van der Waals surface area contributed by atoms with Crippen molar-refractivity contribution < 1.29 is 61.8 Å². The zero-order valence-corrected chi connectivity index (χ0v) is 28.8. The number of hydrogen-bond donors (Lipinski definition) is 1. The SMILES string of the molecule is CC(=O)OC[C@H]1O[C@](O)(Oc2nn(C(C)C)c(C)c2Cc2ccc(OCc3ccccc3)c(F)c2)[C@H](OC(C)=O)[C@@H](OC(C)=O)[C@@H]1OC(C)=O. The van der Waals surface area contributed by atoms with Gasteiger partial charge in [-0.05, 0) is 44.0 Å². The zero-order chi connectivity index (χ0) is 36.7. The minimum atomic E-state index is -2.95. The van der Waals surface area contributed by atoms with Crippen LogP contribution in [0.15, 0.2) is 48.5 Å². The Kier molecular flexibility index (Phi) is 12.2. The molecule has 0 bridgehead atoms. The van der Waals surface area contributed by atoms with Gasteiger partial charge in [-0.2, -0.15) is 0 Å². The Morgan fingerprint density at radius 2 is 1.56 bits per heavy atom. The predicted molar refractivity (Wildman–Crippen MR) is 171 cm³/mol. The van der Waals surface area contributed by atoms with Crippen molar-refractivity contribution in [3.05, 3.63) is 76.7 Å². The molecule has 270 valence electrons. The standard InChI is InChI=1S/C35H41FN2O12/c1-19(2)38-20(3)27(15-26-13-14-29(28(36)16-26)45-17-25-11-9-8-10-12-25)34(37-38)50-35(43)33(48-24(7)42)32(47-23(6)41)31(46-22(5)40)30(49-35)18-44-21(4)39/h8-14,16,19,30-33,43H,15,17-18H2,1-7H3/t30-,31-,32+,33-,35+/m1/s1. The smallest absolute Gasteiger partial charge is 0.369 e. The van der Waals surface area contributed by atoms with E-state index in [1.807, 2.05) is 44.2 Å². The molecule has 1 fully saturated rings. The van der Waals surface area contributed by atoms with Crippen LogP contribution in [0.2, 0.25) is 0 Å². The van der Waals surface area contributed by atoms with Crippen molar-refractivity contribution in [1.82, 2.24) is 9.78 Å². The van der Waals surface area contributed by atoms with Crippen LogP contribution in [-0.2, 0) is 55.9 Å². The molecule has 50 heavy (non-hydrogen) atoms. The molecular formula is C35H41FN2O12. The van der Waals surface area contributed by atoms with Gasteiger partial charge >= 0.3 is 29.9 Å². The molecule has 1 aliphatic heterocycles. The summed E-state index contributed by atoms with van der Waals surface area (Å²) in [5.74, 6) is -7.10. The van der Waals surface area contributed by atoms with Crippen LogP contribution in [-0.4, -0.2) is 75.8 Å². The minimum absolute atomic E-state index is 0.0514. The van der Waals surface area contributed by atoms with Crippen molar-refractivity contribution in [3.63, 3.8) is 0 Å². The Bertz CT molecular complexity index is 1690. The highest BCUT2D eigenvalue weighted by atomic mass is 19.1. The summed E-state index contributed by atoms with van der Waals surface area (Å²) in [5, 5.41) is 16.6. The second-order valence-electron chi connectivity index (χ2n) is 12.0. The van der Waals surface area contributed by atoms with Gasteiger partial charge in [0.15, 0.2) is 23.8 Å². The van der Waals surface area contributed by atoms with Gasteiger partial charge in [0.1, 0.15) is 19.3 Å². The third-order valence-electron chi connectivity index (χ3n) is 7.60. The molecule has 2 heterocycles. The summed E-state index contributed by atoms with van der Waals surface area (Å²) < 4.78 is 55.7. The maximum absolute atomic E-state index is 15.2. The Hall–Kier alpha value is -5.02. The number of aliphatic hydroxyl groups is 1. The number of carbonyl (C=O) groups excluding carboxylic acids is 4. The van der Waals surface area contributed by atoms with Gasteiger partial charge in [0.2, 0.25) is 12.0 Å². The van der Waals surface area contributed by atoms with Crippen molar-refractivity contribution in [1.29, 1.82) is 0 Å². The van der Waals surface area contributed by atoms with Gasteiger partial charge in [0.05, 0.1) is 0 Å². The van der Waals surface area contributed by atoms with E-state index >= 15 is 4.39 Å². The largest absolute Gasteiger partial charge is 0.486 e. The molecule has 14 nitrogen and oxygen atoms in total. The molecule has 1 aromatic heterocycles. The van der Waals surface area contributed by atoms with Gasteiger partial charge in [-0.25, -0.2) is 4.39 Å². The first-order valence-electron chi connectivity index (χ1n) is 15.8. The maximum atomic E-state index is 15.2. The molecule has 0 unspecified atom stereocenters. The molecule has 15 heteroatoms. The highest BCUT2D eigenvalue weighted by Gasteiger charge is 2.62. The van der Waals surface area contributed by atoms with Gasteiger partial charge < -0.3 is 38.3 Å². The molecule has 1 aliphatic rings. The summed E-state index contributed by atoms with van der Waals surface area (Å²) in [6.45, 7) is 9.32. The molecule has 0 radical (unpaired) electrons. The lowest BCUT2D eigenvalue weighted by Crippen LogP contribution is -2.70. The van der Waals surface area contributed by atoms with E-state index < -0.39 is 66.7 Å². The fourth-order valence-electron chi connectivity index (χ4n) is 5.49. The number of benzene rings is 2. The Morgan fingerprint density at radius 3 is 2.14 bits per heavy atom. The van der Waals surface area contributed by atoms with Gasteiger partial charge in [0.25, 0.3) is 0 Å². The fourth-order valence-corrected chi connectivity index (χ4v) is 5.49. The number of esters is 4. The quantitative estimate of drug-likeness (QED) is 0.155. The Labute approximate surface area is 288 Å². The Morgan fingerprint density at radius 1 is 0.920 bits per heavy atom. The molecule has 4 rings (SSSR count).